The summed E-state index contributed by atoms with van der Waals surface area (Å²) in [6, 6.07) is 20.4. The Kier molecular flexibility index (Phi) is 7.98. The molecule has 2 amide bonds. The summed E-state index contributed by atoms with van der Waals surface area (Å²) in [4.78, 5) is 25.0. The first kappa shape index (κ1) is 23.4. The van der Waals surface area contributed by atoms with Gasteiger partial charge in [-0.15, -0.1) is 0 Å². The lowest BCUT2D eigenvalue weighted by atomic mass is 10.2. The lowest BCUT2D eigenvalue weighted by Crippen LogP contribution is -2.31. The third-order valence-electron chi connectivity index (χ3n) is 4.35. The van der Waals surface area contributed by atoms with Gasteiger partial charge in [-0.2, -0.15) is 0 Å². The molecule has 2 unspecified atom stereocenters. The molecule has 0 radical (unpaired) electrons. The van der Waals surface area contributed by atoms with Gasteiger partial charge in [0, 0.05) is 21.4 Å². The highest BCUT2D eigenvalue weighted by Gasteiger charge is 2.17. The molecule has 0 saturated carbocycles. The first-order valence-electron chi connectivity index (χ1n) is 9.86. The molecule has 3 rings (SSSR count). The average molecular weight is 473 g/mol. The van der Waals surface area contributed by atoms with E-state index < -0.39 is 12.2 Å². The standard InChI is InChI=1S/C24H22Cl2N2O4/c1-15(31-21-10-3-6-17(25)12-21)23(29)27-19-8-5-9-20(14-19)28-24(30)16(2)32-22-11-4-7-18(26)13-22/h3-16H,1-2H3,(H,27,29)(H,28,30). The van der Waals surface area contributed by atoms with Gasteiger partial charge in [0.25, 0.3) is 11.8 Å². The number of hydrogen-bond acceptors (Lipinski definition) is 4. The molecule has 32 heavy (non-hydrogen) atoms. The number of ether oxygens (including phenoxy) is 2. The molecule has 3 aromatic carbocycles. The summed E-state index contributed by atoms with van der Waals surface area (Å²) < 4.78 is 11.3. The van der Waals surface area contributed by atoms with E-state index in [0.717, 1.165) is 0 Å². The first-order valence-corrected chi connectivity index (χ1v) is 10.6. The molecule has 0 spiro atoms. The molecule has 0 fully saturated rings. The predicted octanol–water partition coefficient (Wildman–Crippen LogP) is 5.81. The maximum atomic E-state index is 12.5. The zero-order valence-corrected chi connectivity index (χ0v) is 19.0. The summed E-state index contributed by atoms with van der Waals surface area (Å²) in [7, 11) is 0. The number of carbonyl (C=O) groups excluding carboxylic acids is 2. The van der Waals surface area contributed by atoms with Crippen molar-refractivity contribution in [2.75, 3.05) is 10.6 Å². The Morgan fingerprint density at radius 1 is 0.688 bits per heavy atom. The maximum absolute atomic E-state index is 12.5. The number of carbonyl (C=O) groups is 2. The van der Waals surface area contributed by atoms with E-state index in [-0.39, 0.29) is 11.8 Å². The molecular weight excluding hydrogens is 451 g/mol. The van der Waals surface area contributed by atoms with Crippen molar-refractivity contribution in [2.45, 2.75) is 26.1 Å². The van der Waals surface area contributed by atoms with Gasteiger partial charge < -0.3 is 20.1 Å². The minimum Gasteiger partial charge on any atom is -0.481 e. The van der Waals surface area contributed by atoms with Crippen LogP contribution in [0.5, 0.6) is 11.5 Å². The third-order valence-corrected chi connectivity index (χ3v) is 4.82. The number of nitrogens with one attached hydrogen (secondary N) is 2. The van der Waals surface area contributed by atoms with E-state index in [1.54, 1.807) is 86.6 Å². The van der Waals surface area contributed by atoms with Crippen molar-refractivity contribution in [3.63, 3.8) is 0 Å². The van der Waals surface area contributed by atoms with Crippen molar-refractivity contribution in [1.82, 2.24) is 0 Å². The van der Waals surface area contributed by atoms with Crippen LogP contribution in [0.1, 0.15) is 13.8 Å². The highest BCUT2D eigenvalue weighted by molar-refractivity contribution is 6.31. The normalized spacial score (nSPS) is 12.4. The smallest absolute Gasteiger partial charge is 0.265 e. The summed E-state index contributed by atoms with van der Waals surface area (Å²) in [6.45, 7) is 3.27. The van der Waals surface area contributed by atoms with Gasteiger partial charge in [-0.05, 0) is 68.4 Å². The second kappa shape index (κ2) is 10.9. The lowest BCUT2D eigenvalue weighted by molar-refractivity contribution is -0.122. The molecule has 8 heteroatoms. The topological polar surface area (TPSA) is 76.7 Å². The van der Waals surface area contributed by atoms with E-state index in [2.05, 4.69) is 10.6 Å². The monoisotopic (exact) mass is 472 g/mol. The highest BCUT2D eigenvalue weighted by Crippen LogP contribution is 2.21. The van der Waals surface area contributed by atoms with Crippen LogP contribution in [0, 0.1) is 0 Å². The zero-order valence-electron chi connectivity index (χ0n) is 17.5. The van der Waals surface area contributed by atoms with Gasteiger partial charge in [0.05, 0.1) is 0 Å². The van der Waals surface area contributed by atoms with E-state index in [9.17, 15) is 9.59 Å². The second-order valence-corrected chi connectivity index (χ2v) is 7.87. The largest absolute Gasteiger partial charge is 0.481 e. The molecule has 2 N–H and O–H groups in total. The molecule has 0 heterocycles. The minimum atomic E-state index is -0.752. The lowest BCUT2D eigenvalue weighted by Gasteiger charge is -2.17. The SMILES string of the molecule is CC(Oc1cccc(Cl)c1)C(=O)Nc1cccc(NC(=O)C(C)Oc2cccc(Cl)c2)c1. The summed E-state index contributed by atoms with van der Waals surface area (Å²) in [5.74, 6) is 0.307. The molecule has 0 aromatic heterocycles. The van der Waals surface area contributed by atoms with E-state index in [1.807, 2.05) is 0 Å². The summed E-state index contributed by atoms with van der Waals surface area (Å²) in [5.41, 5.74) is 1.02. The molecule has 0 aliphatic heterocycles. The van der Waals surface area contributed by atoms with Gasteiger partial charge in [-0.1, -0.05) is 41.4 Å². The summed E-state index contributed by atoms with van der Waals surface area (Å²) in [6.07, 6.45) is -1.50. The zero-order chi connectivity index (χ0) is 23.1. The van der Waals surface area contributed by atoms with Crippen molar-refractivity contribution in [2.24, 2.45) is 0 Å². The Hall–Kier alpha value is -3.22. The van der Waals surface area contributed by atoms with Gasteiger partial charge in [-0.3, -0.25) is 9.59 Å². The fourth-order valence-corrected chi connectivity index (χ4v) is 3.12. The van der Waals surface area contributed by atoms with Crippen LogP contribution in [-0.4, -0.2) is 24.0 Å². The minimum absolute atomic E-state index is 0.342. The predicted molar refractivity (Wildman–Crippen MR) is 127 cm³/mol. The van der Waals surface area contributed by atoms with Gasteiger partial charge in [0.2, 0.25) is 0 Å². The molecule has 0 aliphatic rings. The average Bonchev–Trinajstić information content (AvgIpc) is 2.74. The van der Waals surface area contributed by atoms with Crippen molar-refractivity contribution in [1.29, 1.82) is 0 Å². The van der Waals surface area contributed by atoms with Crippen LogP contribution in [0.15, 0.2) is 72.8 Å². The number of hydrogen-bond donors (Lipinski definition) is 2. The fourth-order valence-electron chi connectivity index (χ4n) is 2.76. The van der Waals surface area contributed by atoms with Gasteiger partial charge in [0.1, 0.15) is 11.5 Å². The Labute approximate surface area is 196 Å². The van der Waals surface area contributed by atoms with Gasteiger partial charge >= 0.3 is 0 Å². The van der Waals surface area contributed by atoms with E-state index >= 15 is 0 Å². The molecule has 2 atom stereocenters. The number of anilines is 2. The molecule has 3 aromatic rings. The number of halogens is 2. The highest BCUT2D eigenvalue weighted by atomic mass is 35.5. The third kappa shape index (κ3) is 6.90. The van der Waals surface area contributed by atoms with E-state index in [4.69, 9.17) is 32.7 Å². The summed E-state index contributed by atoms with van der Waals surface area (Å²) in [5, 5.41) is 6.58. The molecule has 0 bridgehead atoms. The van der Waals surface area contributed by atoms with Crippen LogP contribution in [0.3, 0.4) is 0 Å². The van der Waals surface area contributed by atoms with Crippen molar-refractivity contribution in [3.8, 4) is 11.5 Å². The molecule has 166 valence electrons. The number of amides is 2. The maximum Gasteiger partial charge on any atom is 0.265 e. The van der Waals surface area contributed by atoms with Crippen molar-refractivity contribution < 1.29 is 19.1 Å². The first-order chi connectivity index (χ1) is 15.3. The number of rotatable bonds is 8. The van der Waals surface area contributed by atoms with Crippen LogP contribution in [0.2, 0.25) is 10.0 Å². The fraction of sp³-hybridized carbons (Fsp3) is 0.167. The quantitative estimate of drug-likeness (QED) is 0.433. The van der Waals surface area contributed by atoms with Crippen molar-refractivity contribution >= 4 is 46.4 Å². The van der Waals surface area contributed by atoms with Gasteiger partial charge in [0.15, 0.2) is 12.2 Å². The van der Waals surface area contributed by atoms with E-state index in [0.29, 0.717) is 32.9 Å². The summed E-state index contributed by atoms with van der Waals surface area (Å²) >= 11 is 11.9. The number of benzene rings is 3. The Balaban J connectivity index is 1.57. The van der Waals surface area contributed by atoms with Crippen molar-refractivity contribution in [3.05, 3.63) is 82.8 Å². The molecular formula is C24H22Cl2N2O4. The second-order valence-electron chi connectivity index (χ2n) is 6.99. The van der Waals surface area contributed by atoms with Crippen LogP contribution < -0.4 is 20.1 Å². The van der Waals surface area contributed by atoms with Crippen LogP contribution in [0.4, 0.5) is 11.4 Å². The Morgan fingerprint density at radius 3 is 1.50 bits per heavy atom. The molecule has 0 aliphatic carbocycles. The van der Waals surface area contributed by atoms with Crippen LogP contribution in [0.25, 0.3) is 0 Å². The molecule has 0 saturated heterocycles. The van der Waals surface area contributed by atoms with Crippen LogP contribution in [-0.2, 0) is 9.59 Å². The van der Waals surface area contributed by atoms with Crippen LogP contribution >= 0.6 is 23.2 Å². The molecule has 6 nitrogen and oxygen atoms in total. The Morgan fingerprint density at radius 2 is 1.09 bits per heavy atom. The van der Waals surface area contributed by atoms with E-state index in [1.165, 1.54) is 0 Å². The van der Waals surface area contributed by atoms with Gasteiger partial charge in [-0.25, -0.2) is 0 Å². The Bertz CT molecular complexity index is 1020.